The van der Waals surface area contributed by atoms with Crippen LogP contribution in [0.5, 0.6) is 0 Å². The lowest BCUT2D eigenvalue weighted by atomic mass is 10.1. The van der Waals surface area contributed by atoms with Crippen LogP contribution in [0.25, 0.3) is 0 Å². The van der Waals surface area contributed by atoms with Crippen LogP contribution >= 0.6 is 34.9 Å². The Balaban J connectivity index is 1.79. The van der Waals surface area contributed by atoms with E-state index in [1.54, 1.807) is 11.4 Å². The van der Waals surface area contributed by atoms with Crippen molar-refractivity contribution in [2.75, 3.05) is 24.9 Å². The Morgan fingerprint density at radius 1 is 1.16 bits per heavy atom. The van der Waals surface area contributed by atoms with Gasteiger partial charge in [0.1, 0.15) is 9.88 Å². The molecule has 0 fully saturated rings. The van der Waals surface area contributed by atoms with Crippen LogP contribution in [0.15, 0.2) is 11.4 Å². The predicted molar refractivity (Wildman–Crippen MR) is 103 cm³/mol. The number of ether oxygens (including phenoxy) is 2. The van der Waals surface area contributed by atoms with E-state index >= 15 is 0 Å². The van der Waals surface area contributed by atoms with Crippen molar-refractivity contribution in [2.24, 2.45) is 0 Å². The van der Waals surface area contributed by atoms with Crippen molar-refractivity contribution in [2.45, 2.75) is 19.3 Å². The molecule has 132 valence electrons. The molecule has 25 heavy (non-hydrogen) atoms. The molecule has 2 aromatic heterocycles. The van der Waals surface area contributed by atoms with E-state index in [4.69, 9.17) is 21.7 Å². The highest BCUT2D eigenvalue weighted by Crippen LogP contribution is 2.39. The number of carbonyl (C=O) groups excluding carboxylic acids is 2. The maximum atomic E-state index is 12.2. The van der Waals surface area contributed by atoms with Gasteiger partial charge in [0.2, 0.25) is 0 Å². The van der Waals surface area contributed by atoms with Crippen molar-refractivity contribution in [1.82, 2.24) is 0 Å². The summed E-state index contributed by atoms with van der Waals surface area (Å²) in [5.41, 5.74) is 2.17. The van der Waals surface area contributed by atoms with Gasteiger partial charge in [-0.1, -0.05) is 0 Å². The summed E-state index contributed by atoms with van der Waals surface area (Å²) in [5.74, 6) is -0.791. The molecule has 0 aromatic carbocycles. The fourth-order valence-corrected chi connectivity index (χ4v) is 5.05. The second kappa shape index (κ2) is 7.51. The van der Waals surface area contributed by atoms with Crippen LogP contribution in [0.3, 0.4) is 0 Å². The van der Waals surface area contributed by atoms with Crippen LogP contribution < -0.4 is 10.6 Å². The summed E-state index contributed by atoms with van der Waals surface area (Å²) in [6.45, 7) is 0. The summed E-state index contributed by atoms with van der Waals surface area (Å²) in [6.07, 6.45) is 2.88. The van der Waals surface area contributed by atoms with Crippen LogP contribution in [0.4, 0.5) is 10.7 Å². The largest absolute Gasteiger partial charge is 0.465 e. The van der Waals surface area contributed by atoms with Crippen molar-refractivity contribution >= 4 is 62.6 Å². The molecule has 1 aliphatic carbocycles. The molecule has 2 aromatic rings. The highest BCUT2D eigenvalue weighted by atomic mass is 32.1. The quantitative estimate of drug-likeness (QED) is 0.603. The Labute approximate surface area is 158 Å². The van der Waals surface area contributed by atoms with E-state index in [0.717, 1.165) is 24.8 Å². The third kappa shape index (κ3) is 3.53. The average molecular weight is 397 g/mol. The van der Waals surface area contributed by atoms with Crippen molar-refractivity contribution in [3.05, 3.63) is 32.3 Å². The second-order valence-electron chi connectivity index (χ2n) is 5.29. The number of carbonyl (C=O) groups is 2. The van der Waals surface area contributed by atoms with Gasteiger partial charge in [-0.15, -0.1) is 22.7 Å². The zero-order chi connectivity index (χ0) is 18.0. The average Bonchev–Trinajstić information content (AvgIpc) is 3.29. The molecule has 9 heteroatoms. The summed E-state index contributed by atoms with van der Waals surface area (Å²) in [4.78, 5) is 25.5. The first-order chi connectivity index (χ1) is 12.0. The van der Waals surface area contributed by atoms with Gasteiger partial charge >= 0.3 is 11.9 Å². The number of thiophene rings is 2. The third-order valence-electron chi connectivity index (χ3n) is 3.82. The van der Waals surface area contributed by atoms with Gasteiger partial charge < -0.3 is 20.1 Å². The summed E-state index contributed by atoms with van der Waals surface area (Å²) in [5, 5.41) is 8.80. The van der Waals surface area contributed by atoms with Gasteiger partial charge in [0, 0.05) is 4.88 Å². The number of rotatable bonds is 4. The predicted octanol–water partition coefficient (Wildman–Crippen LogP) is 3.68. The zero-order valence-corrected chi connectivity index (χ0v) is 16.1. The van der Waals surface area contributed by atoms with E-state index in [-0.39, 0.29) is 5.97 Å². The minimum atomic E-state index is -0.425. The number of fused-ring (bicyclic) bond motifs is 1. The number of hydrogen-bond acceptors (Lipinski definition) is 7. The Morgan fingerprint density at radius 2 is 1.92 bits per heavy atom. The normalized spacial score (nSPS) is 12.4. The Hall–Kier alpha value is -1.97. The van der Waals surface area contributed by atoms with E-state index in [1.807, 2.05) is 0 Å². The molecule has 2 heterocycles. The molecular weight excluding hydrogens is 380 g/mol. The molecule has 0 saturated heterocycles. The first kappa shape index (κ1) is 17.8. The molecule has 2 N–H and O–H groups in total. The molecule has 0 unspecified atom stereocenters. The number of thiocarbonyl (C=S) groups is 1. The van der Waals surface area contributed by atoms with Crippen molar-refractivity contribution in [3.63, 3.8) is 0 Å². The maximum absolute atomic E-state index is 12.2. The lowest BCUT2D eigenvalue weighted by molar-refractivity contribution is 0.0595. The summed E-state index contributed by atoms with van der Waals surface area (Å²) >= 11 is 8.13. The number of aryl methyl sites for hydroxylation is 1. The number of esters is 2. The molecule has 0 bridgehead atoms. The molecule has 1 aliphatic rings. The van der Waals surface area contributed by atoms with Gasteiger partial charge in [-0.2, -0.15) is 0 Å². The van der Waals surface area contributed by atoms with E-state index in [1.165, 1.54) is 41.8 Å². The molecule has 0 saturated carbocycles. The molecule has 6 nitrogen and oxygen atoms in total. The van der Waals surface area contributed by atoms with E-state index in [9.17, 15) is 9.59 Å². The molecular formula is C16H16N2O4S3. The van der Waals surface area contributed by atoms with Crippen LogP contribution in [-0.4, -0.2) is 31.3 Å². The first-order valence-corrected chi connectivity index (χ1v) is 9.62. The summed E-state index contributed by atoms with van der Waals surface area (Å²) in [7, 11) is 2.70. The second-order valence-corrected chi connectivity index (χ2v) is 7.72. The summed E-state index contributed by atoms with van der Waals surface area (Å²) < 4.78 is 9.67. The van der Waals surface area contributed by atoms with E-state index in [0.29, 0.717) is 26.2 Å². The fourth-order valence-electron chi connectivity index (χ4n) is 2.73. The molecule has 0 amide bonds. The molecule has 0 aliphatic heterocycles. The summed E-state index contributed by atoms with van der Waals surface area (Å²) in [6, 6.07) is 1.75. The lowest BCUT2D eigenvalue weighted by Gasteiger charge is -2.11. The fraction of sp³-hybridized carbons (Fsp3) is 0.312. The van der Waals surface area contributed by atoms with E-state index in [2.05, 4.69) is 10.6 Å². The Morgan fingerprint density at radius 3 is 2.64 bits per heavy atom. The minimum Gasteiger partial charge on any atom is -0.465 e. The standard InChI is InChI=1S/C16H16N2O4S3/c1-21-14(19)11-8-4-3-5-10(8)25-13(11)18-16(23)17-9-6-7-24-12(9)15(20)22-2/h6-7H,3-5H2,1-2H3,(H2,17,18,23). The topological polar surface area (TPSA) is 76.7 Å². The lowest BCUT2D eigenvalue weighted by Crippen LogP contribution is -2.21. The SMILES string of the molecule is COC(=O)c1sccc1NC(=S)Nc1sc2c(c1C(=O)OC)CCC2. The van der Waals surface area contributed by atoms with Gasteiger partial charge in [-0.25, -0.2) is 9.59 Å². The molecule has 3 rings (SSSR count). The minimum absolute atomic E-state index is 0.300. The highest BCUT2D eigenvalue weighted by Gasteiger charge is 2.27. The van der Waals surface area contributed by atoms with Crippen LogP contribution in [0.1, 0.15) is 36.9 Å². The van der Waals surface area contributed by atoms with Gasteiger partial charge in [0.25, 0.3) is 0 Å². The van der Waals surface area contributed by atoms with Gasteiger partial charge in [-0.05, 0) is 48.5 Å². The van der Waals surface area contributed by atoms with Crippen molar-refractivity contribution in [1.29, 1.82) is 0 Å². The molecule has 0 spiro atoms. The number of nitrogens with one attached hydrogen (secondary N) is 2. The van der Waals surface area contributed by atoms with Gasteiger partial charge in [0.15, 0.2) is 5.11 Å². The first-order valence-electron chi connectivity index (χ1n) is 7.51. The van der Waals surface area contributed by atoms with E-state index < -0.39 is 5.97 Å². The number of anilines is 2. The Bertz CT molecular complexity index is 841. The smallest absolute Gasteiger partial charge is 0.350 e. The molecule has 0 radical (unpaired) electrons. The van der Waals surface area contributed by atoms with Crippen molar-refractivity contribution < 1.29 is 19.1 Å². The third-order valence-corrected chi connectivity index (χ3v) is 6.13. The molecule has 0 atom stereocenters. The van der Waals surface area contributed by atoms with Gasteiger partial charge in [0.05, 0.1) is 25.5 Å². The van der Waals surface area contributed by atoms with Crippen LogP contribution in [0.2, 0.25) is 0 Å². The Kier molecular flexibility index (Phi) is 5.36. The van der Waals surface area contributed by atoms with Crippen LogP contribution in [0, 0.1) is 0 Å². The van der Waals surface area contributed by atoms with Crippen molar-refractivity contribution in [3.8, 4) is 0 Å². The maximum Gasteiger partial charge on any atom is 0.350 e. The number of hydrogen-bond donors (Lipinski definition) is 2. The number of methoxy groups -OCH3 is 2. The zero-order valence-electron chi connectivity index (χ0n) is 13.6. The van der Waals surface area contributed by atoms with Crippen LogP contribution in [-0.2, 0) is 22.3 Å². The monoisotopic (exact) mass is 396 g/mol. The highest BCUT2D eigenvalue weighted by molar-refractivity contribution is 7.80. The van der Waals surface area contributed by atoms with Gasteiger partial charge in [-0.3, -0.25) is 0 Å².